The van der Waals surface area contributed by atoms with Crippen LogP contribution in [0.25, 0.3) is 22.3 Å². The fraction of sp³-hybridized carbons (Fsp3) is 0.0435. The average molecular weight is 338 g/mol. The van der Waals surface area contributed by atoms with E-state index < -0.39 is 0 Å². The lowest BCUT2D eigenvalue weighted by molar-refractivity contribution is 0.301. The van der Waals surface area contributed by atoms with Gasteiger partial charge in [0.15, 0.2) is 0 Å². The summed E-state index contributed by atoms with van der Waals surface area (Å²) in [7, 11) is 0. The van der Waals surface area contributed by atoms with Crippen molar-refractivity contribution in [1.29, 1.82) is 0 Å². The molecule has 0 amide bonds. The first-order chi connectivity index (χ1) is 12.9. The summed E-state index contributed by atoms with van der Waals surface area (Å²) in [6, 6.07) is 26.5. The Balaban J connectivity index is 1.56. The quantitative estimate of drug-likeness (QED) is 0.489. The average Bonchev–Trinajstić information content (AvgIpc) is 2.74. The Bertz CT molecular complexity index is 968. The topological polar surface area (TPSA) is 35.0 Å². The molecule has 126 valence electrons. The Kier molecular flexibility index (Phi) is 4.70. The van der Waals surface area contributed by atoms with Crippen molar-refractivity contribution in [2.24, 2.45) is 0 Å². The molecular formula is C23H18N2O. The van der Waals surface area contributed by atoms with Crippen LogP contribution in [0.1, 0.15) is 5.69 Å². The fourth-order valence-electron chi connectivity index (χ4n) is 2.89. The van der Waals surface area contributed by atoms with E-state index in [1.165, 1.54) is 11.1 Å². The zero-order chi connectivity index (χ0) is 17.6. The number of hydrogen-bond donors (Lipinski definition) is 0. The van der Waals surface area contributed by atoms with Gasteiger partial charge in [0.1, 0.15) is 12.4 Å². The number of hydrogen-bond acceptors (Lipinski definition) is 3. The molecule has 26 heavy (non-hydrogen) atoms. The largest absolute Gasteiger partial charge is 0.487 e. The molecule has 0 aliphatic carbocycles. The van der Waals surface area contributed by atoms with Crippen molar-refractivity contribution in [2.45, 2.75) is 6.61 Å². The minimum atomic E-state index is 0.466. The third-order valence-electron chi connectivity index (χ3n) is 4.20. The standard InChI is InChI=1S/C23H18N2O/c1-2-7-23(19-12-15-24-16-13-19)22(6-1)18-8-10-21(11-9-18)26-17-20-5-3-4-14-25-20/h1-16H,17H2. The lowest BCUT2D eigenvalue weighted by Gasteiger charge is -2.11. The minimum absolute atomic E-state index is 0.466. The zero-order valence-electron chi connectivity index (χ0n) is 14.2. The van der Waals surface area contributed by atoms with Crippen molar-refractivity contribution in [1.82, 2.24) is 9.97 Å². The Morgan fingerprint density at radius 2 is 1.27 bits per heavy atom. The smallest absolute Gasteiger partial charge is 0.130 e. The first-order valence-electron chi connectivity index (χ1n) is 8.53. The zero-order valence-corrected chi connectivity index (χ0v) is 14.2. The summed E-state index contributed by atoms with van der Waals surface area (Å²) in [5, 5.41) is 0. The highest BCUT2D eigenvalue weighted by Crippen LogP contribution is 2.32. The predicted octanol–water partition coefficient (Wildman–Crippen LogP) is 5.39. The second-order valence-electron chi connectivity index (χ2n) is 5.92. The van der Waals surface area contributed by atoms with E-state index in [4.69, 9.17) is 4.74 Å². The molecule has 0 atom stereocenters. The number of rotatable bonds is 5. The molecule has 2 aromatic carbocycles. The molecule has 0 N–H and O–H groups in total. The van der Waals surface area contributed by atoms with Gasteiger partial charge in [0, 0.05) is 18.6 Å². The minimum Gasteiger partial charge on any atom is -0.487 e. The van der Waals surface area contributed by atoms with Crippen LogP contribution in [0.3, 0.4) is 0 Å². The van der Waals surface area contributed by atoms with Gasteiger partial charge in [-0.3, -0.25) is 9.97 Å². The van der Waals surface area contributed by atoms with E-state index in [0.717, 1.165) is 22.6 Å². The van der Waals surface area contributed by atoms with Crippen molar-refractivity contribution in [2.75, 3.05) is 0 Å². The van der Waals surface area contributed by atoms with Gasteiger partial charge in [-0.1, -0.05) is 42.5 Å². The van der Waals surface area contributed by atoms with Crippen LogP contribution >= 0.6 is 0 Å². The number of aromatic nitrogens is 2. The molecule has 0 unspecified atom stereocenters. The molecule has 3 nitrogen and oxygen atoms in total. The first kappa shape index (κ1) is 16.0. The molecule has 4 aromatic rings. The highest BCUT2D eigenvalue weighted by molar-refractivity contribution is 5.83. The summed E-state index contributed by atoms with van der Waals surface area (Å²) in [5.74, 6) is 0.834. The molecule has 2 heterocycles. The third-order valence-corrected chi connectivity index (χ3v) is 4.20. The van der Waals surface area contributed by atoms with Crippen molar-refractivity contribution in [3.05, 3.63) is 103 Å². The van der Waals surface area contributed by atoms with Gasteiger partial charge in [-0.15, -0.1) is 0 Å². The summed E-state index contributed by atoms with van der Waals surface area (Å²) in [5.41, 5.74) is 5.61. The summed E-state index contributed by atoms with van der Waals surface area (Å²) < 4.78 is 5.83. The molecule has 0 fully saturated rings. The maximum atomic E-state index is 5.83. The number of nitrogens with zero attached hydrogens (tertiary/aromatic N) is 2. The second kappa shape index (κ2) is 7.62. The summed E-state index contributed by atoms with van der Waals surface area (Å²) in [4.78, 5) is 8.38. The van der Waals surface area contributed by atoms with Gasteiger partial charge in [-0.05, 0) is 58.7 Å². The SMILES string of the molecule is c1ccc(COc2ccc(-c3ccccc3-c3ccncc3)cc2)nc1. The Labute approximate surface area is 153 Å². The van der Waals surface area contributed by atoms with E-state index in [1.54, 1.807) is 6.20 Å². The highest BCUT2D eigenvalue weighted by Gasteiger charge is 2.07. The predicted molar refractivity (Wildman–Crippen MR) is 104 cm³/mol. The van der Waals surface area contributed by atoms with E-state index in [2.05, 4.69) is 46.4 Å². The van der Waals surface area contributed by atoms with E-state index in [1.807, 2.05) is 54.9 Å². The van der Waals surface area contributed by atoms with E-state index in [0.29, 0.717) is 6.61 Å². The normalized spacial score (nSPS) is 10.5. The van der Waals surface area contributed by atoms with E-state index in [9.17, 15) is 0 Å². The van der Waals surface area contributed by atoms with Crippen LogP contribution in [-0.2, 0) is 6.61 Å². The van der Waals surface area contributed by atoms with Crippen LogP contribution in [0.2, 0.25) is 0 Å². The van der Waals surface area contributed by atoms with Gasteiger partial charge in [0.2, 0.25) is 0 Å². The molecule has 0 aliphatic rings. The van der Waals surface area contributed by atoms with E-state index >= 15 is 0 Å². The molecule has 3 heteroatoms. The molecule has 0 spiro atoms. The lowest BCUT2D eigenvalue weighted by atomic mass is 9.95. The lowest BCUT2D eigenvalue weighted by Crippen LogP contribution is -1.97. The molecule has 0 radical (unpaired) electrons. The third kappa shape index (κ3) is 3.62. The number of benzene rings is 2. The van der Waals surface area contributed by atoms with Crippen LogP contribution in [0, 0.1) is 0 Å². The fourth-order valence-corrected chi connectivity index (χ4v) is 2.89. The van der Waals surface area contributed by atoms with Gasteiger partial charge in [-0.2, -0.15) is 0 Å². The van der Waals surface area contributed by atoms with Gasteiger partial charge < -0.3 is 4.74 Å². The van der Waals surface area contributed by atoms with Crippen LogP contribution < -0.4 is 4.74 Å². The molecule has 0 bridgehead atoms. The van der Waals surface area contributed by atoms with E-state index in [-0.39, 0.29) is 0 Å². The monoisotopic (exact) mass is 338 g/mol. The maximum Gasteiger partial charge on any atom is 0.130 e. The highest BCUT2D eigenvalue weighted by atomic mass is 16.5. The molecule has 2 aromatic heterocycles. The number of pyridine rings is 2. The Hall–Kier alpha value is -3.46. The van der Waals surface area contributed by atoms with Crippen LogP contribution in [0.5, 0.6) is 5.75 Å². The second-order valence-corrected chi connectivity index (χ2v) is 5.92. The molecule has 0 saturated heterocycles. The summed E-state index contributed by atoms with van der Waals surface area (Å²) in [6.07, 6.45) is 5.42. The molecule has 4 rings (SSSR count). The summed E-state index contributed by atoms with van der Waals surface area (Å²) in [6.45, 7) is 0.466. The molecule has 0 aliphatic heterocycles. The van der Waals surface area contributed by atoms with Crippen molar-refractivity contribution in [3.63, 3.8) is 0 Å². The maximum absolute atomic E-state index is 5.83. The molecular weight excluding hydrogens is 320 g/mol. The van der Waals surface area contributed by atoms with Crippen LogP contribution in [0.15, 0.2) is 97.5 Å². The number of ether oxygens (including phenoxy) is 1. The van der Waals surface area contributed by atoms with Crippen LogP contribution in [-0.4, -0.2) is 9.97 Å². The van der Waals surface area contributed by atoms with Crippen molar-refractivity contribution in [3.8, 4) is 28.0 Å². The van der Waals surface area contributed by atoms with Crippen molar-refractivity contribution >= 4 is 0 Å². The Morgan fingerprint density at radius 1 is 0.615 bits per heavy atom. The van der Waals surface area contributed by atoms with Crippen molar-refractivity contribution < 1.29 is 4.74 Å². The van der Waals surface area contributed by atoms with Gasteiger partial charge in [0.25, 0.3) is 0 Å². The van der Waals surface area contributed by atoms with Gasteiger partial charge in [-0.25, -0.2) is 0 Å². The van der Waals surface area contributed by atoms with Gasteiger partial charge in [0.05, 0.1) is 5.69 Å². The first-order valence-corrected chi connectivity index (χ1v) is 8.53. The summed E-state index contributed by atoms with van der Waals surface area (Å²) >= 11 is 0. The van der Waals surface area contributed by atoms with Gasteiger partial charge >= 0.3 is 0 Å². The van der Waals surface area contributed by atoms with Crippen LogP contribution in [0.4, 0.5) is 0 Å². The molecule has 0 saturated carbocycles. The Morgan fingerprint density at radius 3 is 1.92 bits per heavy atom.